The van der Waals surface area contributed by atoms with Crippen LogP contribution in [0.25, 0.3) is 33.3 Å². The van der Waals surface area contributed by atoms with Crippen molar-refractivity contribution in [2.45, 2.75) is 94.4 Å². The first-order valence-electron chi connectivity index (χ1n) is 25.3. The second kappa shape index (κ2) is 26.1. The lowest BCUT2D eigenvalue weighted by molar-refractivity contribution is -0.140. The molecular weight excluding hydrogens is 1060 g/mol. The smallest absolute Gasteiger partial charge is 0.337 e. The number of aromatic carboxylic acids is 1. The van der Waals surface area contributed by atoms with Gasteiger partial charge in [0, 0.05) is 70.7 Å². The number of aromatic nitrogens is 3. The zero-order valence-electron chi connectivity index (χ0n) is 43.4. The fraction of sp³-hybridized carbons (Fsp3) is 0.250. The molecule has 5 aromatic carbocycles. The second-order valence-corrected chi connectivity index (χ2v) is 21.9. The summed E-state index contributed by atoms with van der Waals surface area (Å²) in [4.78, 5) is 50.1. The van der Waals surface area contributed by atoms with Crippen molar-refractivity contribution in [3.63, 3.8) is 0 Å². The Kier molecular flexibility index (Phi) is 19.4. The lowest BCUT2D eigenvalue weighted by Gasteiger charge is -2.20. The average molecular weight is 1120 g/mol. The number of nitrogens with one attached hydrogen (secondary N) is 1. The van der Waals surface area contributed by atoms with E-state index in [0.717, 1.165) is 40.4 Å². The van der Waals surface area contributed by atoms with Crippen LogP contribution < -0.4 is 5.32 Å². The SMILES string of the molecule is CC(C)c1c(C(=O)Nc2ccccc2)c(-c2ccccc2)c(-c2ccc(F)cc2)n1CC[C@@H](O)C[C@@H](O)CC(=O)O.CS(=O)(=O)c1cc(F)cc2c3c(n(Cc4ccc(Cl)cc4)c12)[C@@H](CC(=O)O)CC3.O=C(O)c1cccnc1. The highest BCUT2D eigenvalue weighted by atomic mass is 35.5. The van der Waals surface area contributed by atoms with Gasteiger partial charge in [-0.05, 0) is 127 Å². The molecule has 19 heteroatoms. The maximum atomic E-state index is 14.3. The monoisotopic (exact) mass is 1120 g/mol. The Morgan fingerprint density at radius 3 is 2.01 bits per heavy atom. The molecule has 0 fully saturated rings. The second-order valence-electron chi connectivity index (χ2n) is 19.4. The molecule has 79 heavy (non-hydrogen) atoms. The van der Waals surface area contributed by atoms with Crippen LogP contribution in [0, 0.1) is 11.6 Å². The van der Waals surface area contributed by atoms with E-state index in [4.69, 9.17) is 21.8 Å². The minimum atomic E-state index is -3.70. The van der Waals surface area contributed by atoms with E-state index in [9.17, 15) is 51.7 Å². The van der Waals surface area contributed by atoms with Crippen LogP contribution in [0.4, 0.5) is 14.5 Å². The molecule has 0 saturated carbocycles. The molecule has 0 radical (unpaired) electrons. The molecule has 1 amide bonds. The molecule has 0 saturated heterocycles. The number of halogens is 3. The maximum absolute atomic E-state index is 14.3. The Labute approximate surface area is 460 Å². The minimum absolute atomic E-state index is 0.0549. The molecule has 9 rings (SSSR count). The van der Waals surface area contributed by atoms with Gasteiger partial charge in [-0.2, -0.15) is 0 Å². The first kappa shape index (κ1) is 58.6. The predicted octanol–water partition coefficient (Wildman–Crippen LogP) is 11.5. The first-order chi connectivity index (χ1) is 37.6. The zero-order chi connectivity index (χ0) is 57.1. The highest BCUT2D eigenvalue weighted by molar-refractivity contribution is 7.91. The van der Waals surface area contributed by atoms with Gasteiger partial charge < -0.3 is 40.0 Å². The van der Waals surface area contributed by atoms with Gasteiger partial charge in [-0.1, -0.05) is 86.1 Å². The summed E-state index contributed by atoms with van der Waals surface area (Å²) in [6.07, 6.45) is 2.56. The van der Waals surface area contributed by atoms with Crippen LogP contribution in [0.15, 0.2) is 151 Å². The molecule has 1 aliphatic rings. The number of aliphatic carboxylic acids is 2. The Morgan fingerprint density at radius 1 is 0.785 bits per heavy atom. The van der Waals surface area contributed by atoms with E-state index in [2.05, 4.69) is 10.3 Å². The minimum Gasteiger partial charge on any atom is -0.481 e. The van der Waals surface area contributed by atoms with Gasteiger partial charge in [-0.3, -0.25) is 19.4 Å². The zero-order valence-corrected chi connectivity index (χ0v) is 45.0. The standard InChI is InChI=1S/C33H35FN2O5.C21H19ClFNO4S.C6H5NO2/c1-21(2)31-30(33(41)35-25-11-7-4-8-12-25)29(22-9-5-3-6-10-22)32(23-13-15-24(34)16-14-23)36(31)18-17-26(37)19-27(38)20-28(39)40;1-29(27,28)18-10-15(23)9-17-16-7-4-13(8-19(25)26)20(16)24(21(17)18)11-12-2-5-14(22)6-3-12;8-6(9)5-2-1-3-7-4-5/h3-16,21,26-27,37-38H,17-20H2,1-2H3,(H,35,41)(H,39,40);2-3,5-6,9-10,13H,4,7-8,11H2,1H3,(H,25,26);1-4H,(H,8,9)/t26-,27-;13-;/m11./s1. The van der Waals surface area contributed by atoms with E-state index in [1.807, 2.05) is 95.8 Å². The van der Waals surface area contributed by atoms with Gasteiger partial charge in [0.2, 0.25) is 0 Å². The van der Waals surface area contributed by atoms with Gasteiger partial charge >= 0.3 is 17.9 Å². The molecule has 3 heterocycles. The number of benzene rings is 5. The van der Waals surface area contributed by atoms with E-state index in [-0.39, 0.29) is 59.8 Å². The molecule has 3 aromatic heterocycles. The first-order valence-corrected chi connectivity index (χ1v) is 27.5. The van der Waals surface area contributed by atoms with E-state index in [0.29, 0.717) is 63.4 Å². The van der Waals surface area contributed by atoms with E-state index in [1.165, 1.54) is 36.7 Å². The number of hydrogen-bond donors (Lipinski definition) is 6. The molecule has 1 aliphatic carbocycles. The number of carboxylic acid groups (broad SMARTS) is 3. The van der Waals surface area contributed by atoms with Crippen molar-refractivity contribution < 1.29 is 61.9 Å². The summed E-state index contributed by atoms with van der Waals surface area (Å²) >= 11 is 5.97. The number of carbonyl (C=O) groups is 4. The number of aliphatic hydroxyl groups excluding tert-OH is 2. The number of aryl methyl sites for hydroxylation is 1. The van der Waals surface area contributed by atoms with Gasteiger partial charge in [0.05, 0.1) is 52.3 Å². The van der Waals surface area contributed by atoms with Crippen molar-refractivity contribution in [3.05, 3.63) is 196 Å². The summed E-state index contributed by atoms with van der Waals surface area (Å²) in [6.45, 7) is 4.59. The normalized spacial score (nSPS) is 13.6. The number of carbonyl (C=O) groups excluding carboxylic acids is 1. The fourth-order valence-electron chi connectivity index (χ4n) is 10.0. The lowest BCUT2D eigenvalue weighted by atomic mass is 9.94. The summed E-state index contributed by atoms with van der Waals surface area (Å²) in [5.74, 6) is -4.66. The Morgan fingerprint density at radius 2 is 1.44 bits per heavy atom. The number of para-hydroxylation sites is 1. The number of pyridine rings is 1. The van der Waals surface area contributed by atoms with Crippen molar-refractivity contribution in [1.29, 1.82) is 0 Å². The summed E-state index contributed by atoms with van der Waals surface area (Å²) in [7, 11) is -3.70. The molecule has 412 valence electrons. The molecule has 6 N–H and O–H groups in total. The van der Waals surface area contributed by atoms with Crippen LogP contribution in [-0.2, 0) is 38.9 Å². The quantitative estimate of drug-likeness (QED) is 0.0470. The number of amides is 1. The lowest BCUT2D eigenvalue weighted by Crippen LogP contribution is -2.22. The van der Waals surface area contributed by atoms with Crippen LogP contribution in [-0.4, -0.2) is 90.3 Å². The van der Waals surface area contributed by atoms with Crippen molar-refractivity contribution in [2.24, 2.45) is 0 Å². The Balaban J connectivity index is 0.000000205. The highest BCUT2D eigenvalue weighted by Gasteiger charge is 2.35. The van der Waals surface area contributed by atoms with Gasteiger partial charge in [0.1, 0.15) is 11.6 Å². The molecule has 0 bridgehead atoms. The highest BCUT2D eigenvalue weighted by Crippen LogP contribution is 2.45. The van der Waals surface area contributed by atoms with Gasteiger partial charge in [-0.25, -0.2) is 22.0 Å². The number of nitrogens with zero attached hydrogens (tertiary/aromatic N) is 3. The number of sulfone groups is 1. The number of aliphatic hydroxyl groups is 2. The molecule has 0 spiro atoms. The van der Waals surface area contributed by atoms with Gasteiger partial charge in [-0.15, -0.1) is 0 Å². The molecule has 3 atom stereocenters. The van der Waals surface area contributed by atoms with Crippen molar-refractivity contribution >= 4 is 61.8 Å². The predicted molar refractivity (Wildman–Crippen MR) is 297 cm³/mol. The number of carboxylic acids is 3. The van der Waals surface area contributed by atoms with E-state index >= 15 is 0 Å². The van der Waals surface area contributed by atoms with Crippen molar-refractivity contribution in [2.75, 3.05) is 11.6 Å². The molecule has 15 nitrogen and oxygen atoms in total. The molecule has 0 aliphatic heterocycles. The maximum Gasteiger partial charge on any atom is 0.337 e. The number of hydrogen-bond acceptors (Lipinski definition) is 9. The van der Waals surface area contributed by atoms with Gasteiger partial charge in [0.25, 0.3) is 5.91 Å². The summed E-state index contributed by atoms with van der Waals surface area (Å²) in [5.41, 5.74) is 7.94. The van der Waals surface area contributed by atoms with E-state index in [1.54, 1.807) is 30.3 Å². The number of rotatable bonds is 18. The largest absolute Gasteiger partial charge is 0.481 e. The Bertz CT molecular complexity index is 3560. The van der Waals surface area contributed by atoms with Crippen molar-refractivity contribution in [1.82, 2.24) is 14.1 Å². The van der Waals surface area contributed by atoms with Crippen LogP contribution in [0.3, 0.4) is 0 Å². The molecule has 8 aromatic rings. The molecular formula is C60H59ClF2N4O11S. The average Bonchev–Trinajstić information content (AvgIpc) is 4.31. The van der Waals surface area contributed by atoms with Crippen LogP contribution in [0.1, 0.15) is 101 Å². The fourth-order valence-corrected chi connectivity index (χ4v) is 11.0. The topological polar surface area (TPSA) is 238 Å². The summed E-state index contributed by atoms with van der Waals surface area (Å²) in [6, 6.07) is 37.4. The van der Waals surface area contributed by atoms with Gasteiger partial charge in [0.15, 0.2) is 9.84 Å². The Hall–Kier alpha value is -8.03. The van der Waals surface area contributed by atoms with Crippen LogP contribution >= 0.6 is 11.6 Å². The van der Waals surface area contributed by atoms with Crippen molar-refractivity contribution in [3.8, 4) is 22.4 Å². The molecule has 0 unspecified atom stereocenters. The third-order valence-electron chi connectivity index (χ3n) is 13.3. The summed E-state index contributed by atoms with van der Waals surface area (Å²) in [5, 5.41) is 51.6. The number of anilines is 1. The van der Waals surface area contributed by atoms with E-state index < -0.39 is 52.2 Å². The van der Waals surface area contributed by atoms with Crippen LogP contribution in [0.2, 0.25) is 5.02 Å². The number of fused-ring (bicyclic) bond motifs is 3. The third-order valence-corrected chi connectivity index (χ3v) is 14.6. The van der Waals surface area contributed by atoms with Crippen LogP contribution in [0.5, 0.6) is 0 Å². The third kappa shape index (κ3) is 14.8. The summed E-state index contributed by atoms with van der Waals surface area (Å²) < 4.78 is 57.0.